The van der Waals surface area contributed by atoms with Crippen LogP contribution in [0.15, 0.2) is 18.2 Å². The highest BCUT2D eigenvalue weighted by molar-refractivity contribution is 6.27. The van der Waals surface area contributed by atoms with Gasteiger partial charge in [-0.15, -0.1) is 11.6 Å². The van der Waals surface area contributed by atoms with Crippen LogP contribution in [0, 0.1) is 0 Å². The molecule has 0 heterocycles. The molecule has 0 bridgehead atoms. The molecule has 1 atom stereocenters. The highest BCUT2D eigenvalue weighted by Gasteiger charge is 2.32. The first kappa shape index (κ1) is 25.3. The third-order valence-corrected chi connectivity index (χ3v) is 5.85. The number of ether oxygens (including phenoxy) is 2. The van der Waals surface area contributed by atoms with Crippen molar-refractivity contribution in [3.63, 3.8) is 0 Å². The molecule has 1 aliphatic carbocycles. The molecule has 1 aromatic carbocycles. The summed E-state index contributed by atoms with van der Waals surface area (Å²) < 4.78 is 11.3. The van der Waals surface area contributed by atoms with Crippen LogP contribution in [-0.4, -0.2) is 48.9 Å². The van der Waals surface area contributed by atoms with Crippen LogP contribution in [0.1, 0.15) is 76.8 Å². The molecule has 2 amide bonds. The Labute approximate surface area is 191 Å². The van der Waals surface area contributed by atoms with E-state index in [9.17, 15) is 9.59 Å². The summed E-state index contributed by atoms with van der Waals surface area (Å²) in [6, 6.07) is 4.83. The number of nitrogens with one attached hydrogen (secondary N) is 1. The van der Waals surface area contributed by atoms with Gasteiger partial charge in [-0.1, -0.05) is 45.6 Å². The van der Waals surface area contributed by atoms with Crippen molar-refractivity contribution in [2.75, 3.05) is 26.1 Å². The summed E-state index contributed by atoms with van der Waals surface area (Å²) in [6.07, 6.45) is 8.21. The number of alkyl halides is 1. The maximum atomic E-state index is 13.5. The summed E-state index contributed by atoms with van der Waals surface area (Å²) in [4.78, 5) is 27.8. The van der Waals surface area contributed by atoms with Crippen LogP contribution in [0.5, 0.6) is 11.5 Å². The average Bonchev–Trinajstić information content (AvgIpc) is 3.05. The third-order valence-electron chi connectivity index (χ3n) is 5.63. The van der Waals surface area contributed by atoms with E-state index in [1.807, 2.05) is 26.0 Å². The highest BCUT2D eigenvalue weighted by atomic mass is 35.5. The molecule has 1 saturated carbocycles. The Morgan fingerprint density at radius 2 is 1.84 bits per heavy atom. The number of hydrogen-bond donors (Lipinski definition) is 1. The van der Waals surface area contributed by atoms with Gasteiger partial charge in [-0.3, -0.25) is 9.59 Å². The fourth-order valence-electron chi connectivity index (χ4n) is 4.08. The second-order valence-electron chi connectivity index (χ2n) is 8.08. The van der Waals surface area contributed by atoms with Gasteiger partial charge in [-0.2, -0.15) is 0 Å². The molecule has 1 aromatic rings. The van der Waals surface area contributed by atoms with Crippen molar-refractivity contribution in [2.24, 2.45) is 0 Å². The van der Waals surface area contributed by atoms with Gasteiger partial charge in [0.15, 0.2) is 11.5 Å². The number of nitrogens with zero attached hydrogens (tertiary/aromatic N) is 1. The molecule has 1 aliphatic rings. The second-order valence-corrected chi connectivity index (χ2v) is 8.35. The first-order chi connectivity index (χ1) is 15.0. The molecule has 1 unspecified atom stereocenters. The van der Waals surface area contributed by atoms with Crippen LogP contribution in [0.3, 0.4) is 0 Å². The Hall–Kier alpha value is -1.95. The zero-order valence-electron chi connectivity index (χ0n) is 19.1. The van der Waals surface area contributed by atoms with Crippen molar-refractivity contribution < 1.29 is 19.1 Å². The van der Waals surface area contributed by atoms with E-state index in [4.69, 9.17) is 21.1 Å². The number of methoxy groups -OCH3 is 1. The summed E-state index contributed by atoms with van der Waals surface area (Å²) in [5.74, 6) is 0.592. The highest BCUT2D eigenvalue weighted by Crippen LogP contribution is 2.33. The lowest BCUT2D eigenvalue weighted by Crippen LogP contribution is -2.47. The van der Waals surface area contributed by atoms with Crippen molar-refractivity contribution >= 4 is 23.4 Å². The molecule has 0 radical (unpaired) electrons. The number of hydrogen-bond acceptors (Lipinski definition) is 4. The van der Waals surface area contributed by atoms with Crippen LogP contribution >= 0.6 is 11.6 Å². The molecule has 2 rings (SSSR count). The van der Waals surface area contributed by atoms with E-state index in [2.05, 4.69) is 5.32 Å². The van der Waals surface area contributed by atoms with E-state index in [0.717, 1.165) is 38.5 Å². The van der Waals surface area contributed by atoms with Gasteiger partial charge in [0.2, 0.25) is 11.8 Å². The van der Waals surface area contributed by atoms with Crippen LogP contribution in [0.2, 0.25) is 0 Å². The SMILES string of the molecule is CCCOc1ccc(C(C(=O)NC2CCCCCC2)N(CCC)C(=O)CCl)cc1OC. The van der Waals surface area contributed by atoms with Gasteiger partial charge in [0, 0.05) is 12.6 Å². The third kappa shape index (κ3) is 7.30. The van der Waals surface area contributed by atoms with Gasteiger partial charge in [-0.25, -0.2) is 0 Å². The standard InChI is InChI=1S/C24H37ClN2O4/c1-4-14-27(22(28)17-25)23(24(29)26-19-10-8-6-7-9-11-19)18-12-13-20(31-15-5-2)21(16-18)30-3/h12-13,16,19,23H,4-11,14-15,17H2,1-3H3,(H,26,29). The van der Waals surface area contributed by atoms with Gasteiger partial charge in [0.1, 0.15) is 11.9 Å². The molecule has 0 aromatic heterocycles. The summed E-state index contributed by atoms with van der Waals surface area (Å²) in [7, 11) is 1.58. The Bertz CT molecular complexity index is 705. The van der Waals surface area contributed by atoms with E-state index in [0.29, 0.717) is 30.2 Å². The molecule has 0 aliphatic heterocycles. The molecular weight excluding hydrogens is 416 g/mol. The molecule has 1 fully saturated rings. The zero-order chi connectivity index (χ0) is 22.6. The van der Waals surface area contributed by atoms with E-state index in [1.54, 1.807) is 18.1 Å². The number of rotatable bonds is 11. The maximum Gasteiger partial charge on any atom is 0.247 e. The zero-order valence-corrected chi connectivity index (χ0v) is 19.9. The van der Waals surface area contributed by atoms with Crippen LogP contribution in [0.4, 0.5) is 0 Å². The summed E-state index contributed by atoms with van der Waals surface area (Å²) in [5, 5.41) is 3.21. The molecule has 1 N–H and O–H groups in total. The topological polar surface area (TPSA) is 67.9 Å². The quantitative estimate of drug-likeness (QED) is 0.385. The minimum absolute atomic E-state index is 0.140. The fourth-order valence-corrected chi connectivity index (χ4v) is 4.23. The van der Waals surface area contributed by atoms with Gasteiger partial charge in [0.25, 0.3) is 0 Å². The molecule has 7 heteroatoms. The van der Waals surface area contributed by atoms with Gasteiger partial charge in [0.05, 0.1) is 13.7 Å². The Kier molecular flexibility index (Phi) is 11.0. The molecule has 0 spiro atoms. The first-order valence-electron chi connectivity index (χ1n) is 11.5. The smallest absolute Gasteiger partial charge is 0.247 e. The summed E-state index contributed by atoms with van der Waals surface area (Å²) in [5.41, 5.74) is 0.693. The van der Waals surface area contributed by atoms with Gasteiger partial charge < -0.3 is 19.7 Å². The van der Waals surface area contributed by atoms with Gasteiger partial charge >= 0.3 is 0 Å². The number of carbonyl (C=O) groups excluding carboxylic acids is 2. The molecule has 31 heavy (non-hydrogen) atoms. The number of benzene rings is 1. The van der Waals surface area contributed by atoms with E-state index in [-0.39, 0.29) is 23.7 Å². The van der Waals surface area contributed by atoms with Crippen LogP contribution < -0.4 is 14.8 Å². The minimum atomic E-state index is -0.761. The largest absolute Gasteiger partial charge is 0.493 e. The Morgan fingerprint density at radius 3 is 2.42 bits per heavy atom. The first-order valence-corrected chi connectivity index (χ1v) is 12.1. The van der Waals surface area contributed by atoms with Crippen molar-refractivity contribution in [2.45, 2.75) is 77.3 Å². The van der Waals surface area contributed by atoms with Crippen molar-refractivity contribution in [3.05, 3.63) is 23.8 Å². The predicted octanol–water partition coefficient (Wildman–Crippen LogP) is 4.84. The fraction of sp³-hybridized carbons (Fsp3) is 0.667. The van der Waals surface area contributed by atoms with Crippen molar-refractivity contribution in [3.8, 4) is 11.5 Å². The lowest BCUT2D eigenvalue weighted by Gasteiger charge is -2.32. The van der Waals surface area contributed by atoms with Crippen molar-refractivity contribution in [1.82, 2.24) is 10.2 Å². The molecule has 0 saturated heterocycles. The summed E-state index contributed by atoms with van der Waals surface area (Å²) in [6.45, 7) is 5.05. The molecule has 174 valence electrons. The molecular formula is C24H37ClN2O4. The van der Waals surface area contributed by atoms with E-state index < -0.39 is 6.04 Å². The second kappa shape index (κ2) is 13.5. The molecule has 6 nitrogen and oxygen atoms in total. The summed E-state index contributed by atoms with van der Waals surface area (Å²) >= 11 is 5.91. The lowest BCUT2D eigenvalue weighted by atomic mass is 10.0. The number of amides is 2. The van der Waals surface area contributed by atoms with Gasteiger partial charge in [-0.05, 0) is 43.4 Å². The number of carbonyl (C=O) groups is 2. The van der Waals surface area contributed by atoms with E-state index >= 15 is 0 Å². The van der Waals surface area contributed by atoms with Crippen molar-refractivity contribution in [1.29, 1.82) is 0 Å². The Morgan fingerprint density at radius 1 is 1.13 bits per heavy atom. The normalized spacial score (nSPS) is 15.6. The monoisotopic (exact) mass is 452 g/mol. The number of halogens is 1. The van der Waals surface area contributed by atoms with E-state index in [1.165, 1.54) is 12.8 Å². The minimum Gasteiger partial charge on any atom is -0.493 e. The van der Waals surface area contributed by atoms with Crippen LogP contribution in [0.25, 0.3) is 0 Å². The average molecular weight is 453 g/mol. The van der Waals surface area contributed by atoms with Crippen LogP contribution in [-0.2, 0) is 9.59 Å². The predicted molar refractivity (Wildman–Crippen MR) is 124 cm³/mol. The lowest BCUT2D eigenvalue weighted by molar-refractivity contribution is -0.139. The maximum absolute atomic E-state index is 13.5. The Balaban J connectivity index is 2.38.